The molecule has 0 aliphatic carbocycles. The van der Waals surface area contributed by atoms with E-state index in [9.17, 15) is 18.0 Å². The summed E-state index contributed by atoms with van der Waals surface area (Å²) in [6, 6.07) is 3.53. The summed E-state index contributed by atoms with van der Waals surface area (Å²) in [6.45, 7) is 0.596. The van der Waals surface area contributed by atoms with Gasteiger partial charge in [0.15, 0.2) is 0 Å². The molecular weight excluding hydrogens is 334 g/mol. The first-order chi connectivity index (χ1) is 11.3. The Labute approximate surface area is 141 Å². The summed E-state index contributed by atoms with van der Waals surface area (Å²) >= 11 is 0. The van der Waals surface area contributed by atoms with Crippen molar-refractivity contribution >= 4 is 21.8 Å². The molecule has 1 fully saturated rings. The minimum absolute atomic E-state index is 0.101. The number of nitrogens with zero attached hydrogens (tertiary/aromatic N) is 1. The van der Waals surface area contributed by atoms with Gasteiger partial charge in [-0.25, -0.2) is 12.7 Å². The fourth-order valence-corrected chi connectivity index (χ4v) is 3.44. The quantitative estimate of drug-likeness (QED) is 0.771. The molecule has 2 N–H and O–H groups in total. The average Bonchev–Trinajstić information content (AvgIpc) is 2.56. The summed E-state index contributed by atoms with van der Waals surface area (Å²) < 4.78 is 30.9. The lowest BCUT2D eigenvalue weighted by Crippen LogP contribution is -2.50. The third kappa shape index (κ3) is 3.68. The summed E-state index contributed by atoms with van der Waals surface area (Å²) in [7, 11) is 0.380. The van der Waals surface area contributed by atoms with E-state index in [1.165, 1.54) is 39.4 Å². The van der Waals surface area contributed by atoms with Gasteiger partial charge in [0.2, 0.25) is 15.9 Å². The van der Waals surface area contributed by atoms with E-state index in [2.05, 4.69) is 10.6 Å². The highest BCUT2D eigenvalue weighted by Crippen LogP contribution is 2.27. The number of carbonyl (C=O) groups excluding carboxylic acids is 2. The molecule has 1 atom stereocenters. The molecule has 0 radical (unpaired) electrons. The SMILES string of the molecule is COc1ccc(C(=O)N[C@H]2CCCNC2=O)cc1S(=O)(=O)N(C)C. The predicted octanol–water partition coefficient (Wildman–Crippen LogP) is -0.0461. The number of hydrogen-bond donors (Lipinski definition) is 2. The van der Waals surface area contributed by atoms with E-state index < -0.39 is 22.0 Å². The molecule has 1 heterocycles. The smallest absolute Gasteiger partial charge is 0.251 e. The van der Waals surface area contributed by atoms with Crippen LogP contribution in [0.15, 0.2) is 23.1 Å². The summed E-state index contributed by atoms with van der Waals surface area (Å²) in [5, 5.41) is 5.31. The van der Waals surface area contributed by atoms with E-state index in [0.29, 0.717) is 13.0 Å². The van der Waals surface area contributed by atoms with Crippen LogP contribution in [-0.4, -0.2) is 58.3 Å². The van der Waals surface area contributed by atoms with Gasteiger partial charge in [0.1, 0.15) is 16.7 Å². The minimum atomic E-state index is -3.77. The summed E-state index contributed by atoms with van der Waals surface area (Å²) in [4.78, 5) is 24.0. The van der Waals surface area contributed by atoms with Crippen molar-refractivity contribution in [1.29, 1.82) is 0 Å². The second-order valence-corrected chi connectivity index (χ2v) is 7.73. The van der Waals surface area contributed by atoms with Gasteiger partial charge in [0.05, 0.1) is 7.11 Å². The Hall–Kier alpha value is -2.13. The van der Waals surface area contributed by atoms with Gasteiger partial charge in [-0.15, -0.1) is 0 Å². The van der Waals surface area contributed by atoms with Gasteiger partial charge in [0.25, 0.3) is 5.91 Å². The molecule has 2 amide bonds. The molecule has 1 saturated heterocycles. The van der Waals surface area contributed by atoms with Crippen molar-refractivity contribution in [2.75, 3.05) is 27.7 Å². The van der Waals surface area contributed by atoms with E-state index >= 15 is 0 Å². The number of nitrogens with one attached hydrogen (secondary N) is 2. The van der Waals surface area contributed by atoms with Crippen molar-refractivity contribution < 1.29 is 22.7 Å². The van der Waals surface area contributed by atoms with Gasteiger partial charge in [-0.2, -0.15) is 0 Å². The highest BCUT2D eigenvalue weighted by atomic mass is 32.2. The maximum absolute atomic E-state index is 12.4. The van der Waals surface area contributed by atoms with Crippen molar-refractivity contribution in [3.05, 3.63) is 23.8 Å². The van der Waals surface area contributed by atoms with Crippen molar-refractivity contribution in [2.24, 2.45) is 0 Å². The van der Waals surface area contributed by atoms with Crippen LogP contribution in [-0.2, 0) is 14.8 Å². The molecule has 0 unspecified atom stereocenters. The Kier molecular flexibility index (Phi) is 5.45. The zero-order chi connectivity index (χ0) is 17.9. The molecule has 0 aromatic heterocycles. The number of sulfonamides is 1. The fraction of sp³-hybridized carbons (Fsp3) is 0.467. The largest absolute Gasteiger partial charge is 0.495 e. The molecule has 1 aliphatic heterocycles. The van der Waals surface area contributed by atoms with Gasteiger partial charge >= 0.3 is 0 Å². The average molecular weight is 355 g/mol. The summed E-state index contributed by atoms with van der Waals surface area (Å²) in [5.74, 6) is -0.588. The first-order valence-electron chi connectivity index (χ1n) is 7.46. The fourth-order valence-electron chi connectivity index (χ4n) is 2.37. The molecule has 1 aromatic carbocycles. The lowest BCUT2D eigenvalue weighted by molar-refractivity contribution is -0.124. The molecule has 0 bridgehead atoms. The van der Waals surface area contributed by atoms with Crippen LogP contribution in [0.4, 0.5) is 0 Å². The van der Waals surface area contributed by atoms with Gasteiger partial charge in [-0.3, -0.25) is 9.59 Å². The third-order valence-corrected chi connectivity index (χ3v) is 5.61. The maximum atomic E-state index is 12.4. The monoisotopic (exact) mass is 355 g/mol. The molecule has 9 heteroatoms. The normalized spacial score (nSPS) is 18.2. The third-order valence-electron chi connectivity index (χ3n) is 3.78. The van der Waals surface area contributed by atoms with Crippen LogP contribution in [0.1, 0.15) is 23.2 Å². The molecule has 0 saturated carbocycles. The van der Waals surface area contributed by atoms with E-state index in [1.807, 2.05) is 0 Å². The molecule has 8 nitrogen and oxygen atoms in total. The number of amides is 2. The number of methoxy groups -OCH3 is 1. The van der Waals surface area contributed by atoms with E-state index in [4.69, 9.17) is 4.74 Å². The van der Waals surface area contributed by atoms with Crippen LogP contribution in [0.25, 0.3) is 0 Å². The molecular formula is C15H21N3O5S. The lowest BCUT2D eigenvalue weighted by atomic mass is 10.1. The van der Waals surface area contributed by atoms with Crippen LogP contribution < -0.4 is 15.4 Å². The Morgan fingerprint density at radius 2 is 2.08 bits per heavy atom. The van der Waals surface area contributed by atoms with Crippen LogP contribution in [0.5, 0.6) is 5.75 Å². The molecule has 24 heavy (non-hydrogen) atoms. The Morgan fingerprint density at radius 1 is 1.38 bits per heavy atom. The molecule has 0 spiro atoms. The number of rotatable bonds is 5. The first-order valence-corrected chi connectivity index (χ1v) is 8.90. The Morgan fingerprint density at radius 3 is 2.67 bits per heavy atom. The molecule has 2 rings (SSSR count). The first kappa shape index (κ1) is 18.2. The lowest BCUT2D eigenvalue weighted by Gasteiger charge is -2.23. The van der Waals surface area contributed by atoms with Gasteiger partial charge in [-0.05, 0) is 31.0 Å². The molecule has 1 aromatic rings. The second kappa shape index (κ2) is 7.18. The predicted molar refractivity (Wildman–Crippen MR) is 87.4 cm³/mol. The highest BCUT2D eigenvalue weighted by Gasteiger charge is 2.27. The topological polar surface area (TPSA) is 105 Å². The van der Waals surface area contributed by atoms with Crippen molar-refractivity contribution in [2.45, 2.75) is 23.8 Å². The molecule has 1 aliphatic rings. The molecule has 132 valence electrons. The second-order valence-electron chi connectivity index (χ2n) is 5.61. The van der Waals surface area contributed by atoms with Gasteiger partial charge in [-0.1, -0.05) is 0 Å². The maximum Gasteiger partial charge on any atom is 0.251 e. The van der Waals surface area contributed by atoms with Crippen LogP contribution in [0, 0.1) is 0 Å². The Bertz CT molecular complexity index is 745. The number of hydrogen-bond acceptors (Lipinski definition) is 5. The number of carbonyl (C=O) groups is 2. The summed E-state index contributed by atoms with van der Waals surface area (Å²) in [5.41, 5.74) is 0.148. The Balaban J connectivity index is 2.31. The van der Waals surface area contributed by atoms with Gasteiger partial charge < -0.3 is 15.4 Å². The van der Waals surface area contributed by atoms with Crippen LogP contribution >= 0.6 is 0 Å². The highest BCUT2D eigenvalue weighted by molar-refractivity contribution is 7.89. The summed E-state index contributed by atoms with van der Waals surface area (Å²) in [6.07, 6.45) is 1.33. The van der Waals surface area contributed by atoms with E-state index in [1.54, 1.807) is 0 Å². The van der Waals surface area contributed by atoms with Crippen molar-refractivity contribution in [1.82, 2.24) is 14.9 Å². The number of benzene rings is 1. The zero-order valence-corrected chi connectivity index (χ0v) is 14.6. The van der Waals surface area contributed by atoms with Crippen LogP contribution in [0.3, 0.4) is 0 Å². The van der Waals surface area contributed by atoms with Crippen molar-refractivity contribution in [3.8, 4) is 5.75 Å². The zero-order valence-electron chi connectivity index (χ0n) is 13.8. The number of ether oxygens (including phenoxy) is 1. The minimum Gasteiger partial charge on any atom is -0.495 e. The van der Waals surface area contributed by atoms with Crippen LogP contribution in [0.2, 0.25) is 0 Å². The van der Waals surface area contributed by atoms with Gasteiger partial charge in [0, 0.05) is 26.2 Å². The van der Waals surface area contributed by atoms with E-state index in [-0.39, 0.29) is 22.1 Å². The van der Waals surface area contributed by atoms with Crippen molar-refractivity contribution in [3.63, 3.8) is 0 Å². The number of piperidine rings is 1. The van der Waals surface area contributed by atoms with E-state index in [0.717, 1.165) is 10.7 Å². The standard InChI is InChI=1S/C15H21N3O5S/c1-18(2)24(21,22)13-9-10(6-7-12(13)23-3)14(19)17-11-5-4-8-16-15(11)20/h6-7,9,11H,4-5,8H2,1-3H3,(H,16,20)(H,17,19)/t11-/m0/s1.